The van der Waals surface area contributed by atoms with E-state index in [0.717, 1.165) is 19.3 Å². The van der Waals surface area contributed by atoms with Crippen LogP contribution in [0, 0.1) is 0 Å². The molecule has 0 aromatic rings. The number of nitrogens with one attached hydrogen (secondary N) is 1. The molecule has 0 unspecified atom stereocenters. The summed E-state index contributed by atoms with van der Waals surface area (Å²) in [6.07, 6.45) is 2.48. The second kappa shape index (κ2) is 3.00. The Morgan fingerprint density at radius 2 is 1.92 bits per heavy atom. The van der Waals surface area contributed by atoms with Crippen LogP contribution in [0.15, 0.2) is 0 Å². The SMILES string of the molecule is CCC(C)(C)NS(=O)(=O)C1CC1. The van der Waals surface area contributed by atoms with Gasteiger partial charge in [-0.1, -0.05) is 6.92 Å². The smallest absolute Gasteiger partial charge is 0.212 e. The van der Waals surface area contributed by atoms with Crippen molar-refractivity contribution in [3.8, 4) is 0 Å². The van der Waals surface area contributed by atoms with Crippen LogP contribution in [-0.4, -0.2) is 19.2 Å². The first-order valence-corrected chi connectivity index (χ1v) is 5.95. The highest BCUT2D eigenvalue weighted by atomic mass is 32.2. The molecule has 0 spiro atoms. The summed E-state index contributed by atoms with van der Waals surface area (Å²) in [5, 5.41) is -0.108. The van der Waals surface area contributed by atoms with Gasteiger partial charge in [0.2, 0.25) is 10.0 Å². The van der Waals surface area contributed by atoms with Gasteiger partial charge in [-0.2, -0.15) is 0 Å². The van der Waals surface area contributed by atoms with E-state index in [-0.39, 0.29) is 10.8 Å². The van der Waals surface area contributed by atoms with Crippen molar-refractivity contribution in [3.63, 3.8) is 0 Å². The van der Waals surface area contributed by atoms with Crippen LogP contribution in [0.5, 0.6) is 0 Å². The van der Waals surface area contributed by atoms with Gasteiger partial charge >= 0.3 is 0 Å². The van der Waals surface area contributed by atoms with Crippen molar-refractivity contribution < 1.29 is 8.42 Å². The van der Waals surface area contributed by atoms with E-state index in [1.807, 2.05) is 20.8 Å². The minimum atomic E-state index is -3.01. The van der Waals surface area contributed by atoms with Crippen LogP contribution in [0.25, 0.3) is 0 Å². The van der Waals surface area contributed by atoms with Gasteiger partial charge in [0.25, 0.3) is 0 Å². The fourth-order valence-electron chi connectivity index (χ4n) is 0.919. The Balaban J connectivity index is 2.60. The van der Waals surface area contributed by atoms with Crippen molar-refractivity contribution in [3.05, 3.63) is 0 Å². The normalized spacial score (nSPS) is 19.6. The molecular weight excluding hydrogens is 174 g/mol. The maximum absolute atomic E-state index is 11.5. The van der Waals surface area contributed by atoms with Crippen LogP contribution < -0.4 is 4.72 Å². The number of rotatable bonds is 4. The second-order valence-corrected chi connectivity index (χ2v) is 6.04. The van der Waals surface area contributed by atoms with E-state index < -0.39 is 10.0 Å². The van der Waals surface area contributed by atoms with Crippen LogP contribution in [0.2, 0.25) is 0 Å². The lowest BCUT2D eigenvalue weighted by Gasteiger charge is -2.23. The zero-order valence-corrected chi connectivity index (χ0v) is 8.74. The van der Waals surface area contributed by atoms with Gasteiger partial charge in [0.05, 0.1) is 5.25 Å². The fourth-order valence-corrected chi connectivity index (χ4v) is 2.76. The molecule has 1 fully saturated rings. The molecule has 0 saturated heterocycles. The van der Waals surface area contributed by atoms with Crippen LogP contribution in [0.1, 0.15) is 40.0 Å². The molecule has 72 valence electrons. The summed E-state index contributed by atoms with van der Waals surface area (Å²) in [6, 6.07) is 0. The Kier molecular flexibility index (Phi) is 2.50. The average molecular weight is 191 g/mol. The molecule has 12 heavy (non-hydrogen) atoms. The molecule has 0 amide bonds. The minimum absolute atomic E-state index is 0.108. The Hall–Kier alpha value is -0.0900. The van der Waals surface area contributed by atoms with Crippen molar-refractivity contribution in [1.29, 1.82) is 0 Å². The van der Waals surface area contributed by atoms with E-state index >= 15 is 0 Å². The highest BCUT2D eigenvalue weighted by Gasteiger charge is 2.38. The predicted octanol–water partition coefficient (Wildman–Crippen LogP) is 1.26. The van der Waals surface area contributed by atoms with E-state index in [4.69, 9.17) is 0 Å². The zero-order chi connectivity index (χ0) is 9.41. The maximum atomic E-state index is 11.5. The second-order valence-electron chi connectivity index (χ2n) is 4.08. The molecule has 0 bridgehead atoms. The molecule has 1 aliphatic carbocycles. The highest BCUT2D eigenvalue weighted by molar-refractivity contribution is 7.90. The fraction of sp³-hybridized carbons (Fsp3) is 1.00. The van der Waals surface area contributed by atoms with Crippen molar-refractivity contribution in [2.45, 2.75) is 50.8 Å². The molecule has 0 aromatic heterocycles. The summed E-state index contributed by atoms with van der Waals surface area (Å²) in [7, 11) is -3.01. The summed E-state index contributed by atoms with van der Waals surface area (Å²) >= 11 is 0. The third-order valence-corrected chi connectivity index (χ3v) is 4.45. The van der Waals surface area contributed by atoms with Gasteiger partial charge in [0.1, 0.15) is 0 Å². The molecule has 1 N–H and O–H groups in total. The molecule has 1 aliphatic rings. The van der Waals surface area contributed by atoms with Crippen molar-refractivity contribution in [1.82, 2.24) is 4.72 Å². The third-order valence-electron chi connectivity index (χ3n) is 2.27. The molecule has 1 saturated carbocycles. The van der Waals surface area contributed by atoms with Crippen molar-refractivity contribution in [2.75, 3.05) is 0 Å². The molecule has 0 heterocycles. The van der Waals surface area contributed by atoms with E-state index in [0.29, 0.717) is 0 Å². The first kappa shape index (κ1) is 9.99. The summed E-state index contributed by atoms with van der Waals surface area (Å²) in [5.74, 6) is 0. The lowest BCUT2D eigenvalue weighted by molar-refractivity contribution is 0.439. The van der Waals surface area contributed by atoms with E-state index in [9.17, 15) is 8.42 Å². The van der Waals surface area contributed by atoms with E-state index in [1.165, 1.54) is 0 Å². The third kappa shape index (κ3) is 2.45. The van der Waals surface area contributed by atoms with Crippen LogP contribution in [-0.2, 0) is 10.0 Å². The van der Waals surface area contributed by atoms with E-state index in [2.05, 4.69) is 4.72 Å². The zero-order valence-electron chi connectivity index (χ0n) is 7.92. The van der Waals surface area contributed by atoms with Gasteiger partial charge in [-0.3, -0.25) is 0 Å². The number of hydrogen-bond donors (Lipinski definition) is 1. The molecule has 1 rings (SSSR count). The Labute approximate surface area is 74.6 Å². The molecule has 0 aromatic carbocycles. The lowest BCUT2D eigenvalue weighted by atomic mass is 10.0. The molecule has 3 nitrogen and oxygen atoms in total. The maximum Gasteiger partial charge on any atom is 0.214 e. The van der Waals surface area contributed by atoms with Crippen molar-refractivity contribution in [2.24, 2.45) is 0 Å². The molecule has 0 atom stereocenters. The minimum Gasteiger partial charge on any atom is -0.212 e. The number of sulfonamides is 1. The van der Waals surface area contributed by atoms with Gasteiger partial charge < -0.3 is 0 Å². The lowest BCUT2D eigenvalue weighted by Crippen LogP contribution is -2.44. The monoisotopic (exact) mass is 191 g/mol. The van der Waals surface area contributed by atoms with Crippen LogP contribution in [0.4, 0.5) is 0 Å². The van der Waals surface area contributed by atoms with Gasteiger partial charge in [-0.05, 0) is 33.1 Å². The van der Waals surface area contributed by atoms with Gasteiger partial charge in [0, 0.05) is 5.54 Å². The largest absolute Gasteiger partial charge is 0.214 e. The van der Waals surface area contributed by atoms with E-state index in [1.54, 1.807) is 0 Å². The molecule has 0 radical (unpaired) electrons. The Morgan fingerprint density at radius 3 is 2.25 bits per heavy atom. The summed E-state index contributed by atoms with van der Waals surface area (Å²) in [5.41, 5.74) is -0.290. The summed E-state index contributed by atoms with van der Waals surface area (Å²) in [4.78, 5) is 0. The Bertz CT molecular complexity index is 252. The number of hydrogen-bond acceptors (Lipinski definition) is 2. The first-order valence-electron chi connectivity index (χ1n) is 4.40. The van der Waals surface area contributed by atoms with Crippen LogP contribution >= 0.6 is 0 Å². The average Bonchev–Trinajstić information content (AvgIpc) is 2.65. The van der Waals surface area contributed by atoms with Crippen LogP contribution in [0.3, 0.4) is 0 Å². The predicted molar refractivity (Wildman–Crippen MR) is 49.4 cm³/mol. The summed E-state index contributed by atoms with van der Waals surface area (Å²) < 4.78 is 25.6. The van der Waals surface area contributed by atoms with Gasteiger partial charge in [-0.15, -0.1) is 0 Å². The Morgan fingerprint density at radius 1 is 1.42 bits per heavy atom. The molecule has 4 heteroatoms. The topological polar surface area (TPSA) is 46.2 Å². The molecular formula is C8H17NO2S. The van der Waals surface area contributed by atoms with Crippen molar-refractivity contribution >= 4 is 10.0 Å². The quantitative estimate of drug-likeness (QED) is 0.727. The summed E-state index contributed by atoms with van der Waals surface area (Å²) in [6.45, 7) is 5.80. The molecule has 0 aliphatic heterocycles. The van der Waals surface area contributed by atoms with Gasteiger partial charge in [-0.25, -0.2) is 13.1 Å². The standard InChI is InChI=1S/C8H17NO2S/c1-4-8(2,3)9-12(10,11)7-5-6-7/h7,9H,4-6H2,1-3H3. The van der Waals surface area contributed by atoms with Gasteiger partial charge in [0.15, 0.2) is 0 Å². The first-order chi connectivity index (χ1) is 5.37. The highest BCUT2D eigenvalue weighted by Crippen LogP contribution is 2.28.